The van der Waals surface area contributed by atoms with Gasteiger partial charge in [0.25, 0.3) is 5.56 Å². The van der Waals surface area contributed by atoms with Crippen molar-refractivity contribution < 1.29 is 37.4 Å². The summed E-state index contributed by atoms with van der Waals surface area (Å²) in [6.07, 6.45) is -4.55. The van der Waals surface area contributed by atoms with Gasteiger partial charge in [-0.05, 0) is 39.8 Å². The topological polar surface area (TPSA) is 158 Å². The Hall–Kier alpha value is -2.54. The SMILES string of the molecule is CC(C)OC(=O)[C@@H](C)N[P@@](=O)(OC[C@H]1O[C@@H](n2cc(Cl)c(=O)[nH]c2=O)[C@](C)(F)[C@@H]1O)Oc1ccccc1. The summed E-state index contributed by atoms with van der Waals surface area (Å²) in [6.45, 7) is 4.98. The van der Waals surface area contributed by atoms with Gasteiger partial charge in [-0.2, -0.15) is 5.09 Å². The van der Waals surface area contributed by atoms with Crippen LogP contribution in [-0.2, 0) is 23.4 Å². The van der Waals surface area contributed by atoms with Crippen molar-refractivity contribution in [2.75, 3.05) is 6.61 Å². The molecule has 204 valence electrons. The van der Waals surface area contributed by atoms with Gasteiger partial charge in [-0.3, -0.25) is 23.7 Å². The van der Waals surface area contributed by atoms with Gasteiger partial charge in [0.1, 0.15) is 29.0 Å². The number of aliphatic hydroxyl groups excluding tert-OH is 1. The molecule has 2 heterocycles. The largest absolute Gasteiger partial charge is 0.462 e. The monoisotopic (exact) mass is 563 g/mol. The fourth-order valence-corrected chi connectivity index (χ4v) is 5.15. The molecule has 3 N–H and O–H groups in total. The van der Waals surface area contributed by atoms with Gasteiger partial charge in [0, 0.05) is 6.20 Å². The molecule has 0 bridgehead atoms. The predicted octanol–water partition coefficient (Wildman–Crippen LogP) is 2.31. The van der Waals surface area contributed by atoms with Gasteiger partial charge in [-0.15, -0.1) is 0 Å². The third-order valence-corrected chi connectivity index (χ3v) is 7.24. The second-order valence-corrected chi connectivity index (χ2v) is 10.9. The van der Waals surface area contributed by atoms with E-state index >= 15 is 4.39 Å². The van der Waals surface area contributed by atoms with E-state index in [1.54, 1.807) is 32.0 Å². The molecule has 0 amide bonds. The van der Waals surface area contributed by atoms with Crippen LogP contribution in [-0.4, -0.2) is 57.3 Å². The van der Waals surface area contributed by atoms with Crippen LogP contribution in [0.5, 0.6) is 5.75 Å². The fraction of sp³-hybridized carbons (Fsp3) is 0.500. The van der Waals surface area contributed by atoms with Gasteiger partial charge in [-0.25, -0.2) is 13.8 Å². The van der Waals surface area contributed by atoms with Crippen molar-refractivity contribution in [3.8, 4) is 5.75 Å². The molecule has 1 aliphatic heterocycles. The summed E-state index contributed by atoms with van der Waals surface area (Å²) < 4.78 is 51.4. The van der Waals surface area contributed by atoms with E-state index < -0.39 is 72.8 Å². The number of nitrogens with zero attached hydrogens (tertiary/aromatic N) is 1. The molecule has 6 atom stereocenters. The predicted molar refractivity (Wildman–Crippen MR) is 130 cm³/mol. The van der Waals surface area contributed by atoms with Gasteiger partial charge < -0.3 is 19.1 Å². The van der Waals surface area contributed by atoms with E-state index in [0.29, 0.717) is 4.57 Å². The summed E-state index contributed by atoms with van der Waals surface area (Å²) in [5.74, 6) is -0.586. The maximum atomic E-state index is 15.5. The van der Waals surface area contributed by atoms with E-state index in [1.165, 1.54) is 19.1 Å². The second-order valence-electron chi connectivity index (χ2n) is 8.80. The number of hydrogen-bond donors (Lipinski definition) is 3. The highest BCUT2D eigenvalue weighted by Gasteiger charge is 2.56. The summed E-state index contributed by atoms with van der Waals surface area (Å²) >= 11 is 5.77. The van der Waals surface area contributed by atoms with Crippen LogP contribution in [0.15, 0.2) is 46.1 Å². The van der Waals surface area contributed by atoms with E-state index in [9.17, 15) is 24.1 Å². The van der Waals surface area contributed by atoms with E-state index in [2.05, 4.69) is 5.09 Å². The molecule has 1 aliphatic rings. The Morgan fingerprint density at radius 3 is 2.59 bits per heavy atom. The lowest BCUT2D eigenvalue weighted by Crippen LogP contribution is -2.44. The molecule has 1 saturated heterocycles. The summed E-state index contributed by atoms with van der Waals surface area (Å²) in [6, 6.07) is 6.79. The van der Waals surface area contributed by atoms with Crippen molar-refractivity contribution in [2.24, 2.45) is 0 Å². The minimum atomic E-state index is -4.33. The molecule has 12 nitrogen and oxygen atoms in total. The maximum absolute atomic E-state index is 15.5. The van der Waals surface area contributed by atoms with Gasteiger partial charge in [-0.1, -0.05) is 29.8 Å². The van der Waals surface area contributed by atoms with Crippen molar-refractivity contribution in [1.29, 1.82) is 0 Å². The number of H-pyrrole nitrogens is 1. The van der Waals surface area contributed by atoms with E-state index in [1.807, 2.05) is 4.98 Å². The number of para-hydroxylation sites is 1. The molecular formula is C22H28ClFN3O9P. The Morgan fingerprint density at radius 2 is 1.97 bits per heavy atom. The Bertz CT molecular complexity index is 1270. The summed E-state index contributed by atoms with van der Waals surface area (Å²) in [5.41, 5.74) is -4.45. The average Bonchev–Trinajstić information content (AvgIpc) is 3.03. The molecular weight excluding hydrogens is 536 g/mol. The third-order valence-electron chi connectivity index (χ3n) is 5.33. The van der Waals surface area contributed by atoms with Gasteiger partial charge in [0.2, 0.25) is 0 Å². The number of ether oxygens (including phenoxy) is 2. The van der Waals surface area contributed by atoms with Crippen molar-refractivity contribution >= 4 is 25.3 Å². The molecule has 0 spiro atoms. The highest BCUT2D eigenvalue weighted by atomic mass is 35.5. The maximum Gasteiger partial charge on any atom is 0.459 e. The lowest BCUT2D eigenvalue weighted by Gasteiger charge is -2.25. The molecule has 2 aromatic rings. The number of carbonyl (C=O) groups excluding carboxylic acids is 1. The van der Waals surface area contributed by atoms with Crippen LogP contribution >= 0.6 is 19.3 Å². The van der Waals surface area contributed by atoms with Crippen molar-refractivity contribution in [2.45, 2.75) is 63.9 Å². The molecule has 0 radical (unpaired) electrons. The Labute approximate surface area is 216 Å². The Kier molecular flexibility index (Phi) is 8.99. The number of rotatable bonds is 10. The van der Waals surface area contributed by atoms with Crippen LogP contribution in [0.2, 0.25) is 5.02 Å². The molecule has 15 heteroatoms. The Morgan fingerprint density at radius 1 is 1.32 bits per heavy atom. The molecule has 3 rings (SSSR count). The fourth-order valence-electron chi connectivity index (χ4n) is 3.49. The van der Waals surface area contributed by atoms with Gasteiger partial charge in [0.15, 0.2) is 11.9 Å². The smallest absolute Gasteiger partial charge is 0.459 e. The van der Waals surface area contributed by atoms with Gasteiger partial charge >= 0.3 is 19.4 Å². The van der Waals surface area contributed by atoms with Crippen molar-refractivity contribution in [3.63, 3.8) is 0 Å². The average molecular weight is 564 g/mol. The molecule has 37 heavy (non-hydrogen) atoms. The van der Waals surface area contributed by atoms with Crippen LogP contribution in [0, 0.1) is 0 Å². The number of halogens is 2. The molecule has 0 saturated carbocycles. The van der Waals surface area contributed by atoms with E-state index in [0.717, 1.165) is 13.1 Å². The number of nitrogens with one attached hydrogen (secondary N) is 2. The minimum absolute atomic E-state index is 0.137. The minimum Gasteiger partial charge on any atom is -0.462 e. The Balaban J connectivity index is 1.82. The standard InChI is InChI=1S/C22H28ClFN3O9P/c1-12(2)34-19(30)13(3)26-37(32,36-14-8-6-5-7-9-14)33-11-16-17(28)22(4,24)20(35-16)27-10-15(23)18(29)25-21(27)31/h5-10,12-13,16-17,20,28H,11H2,1-4H3,(H,26,32)(H,25,29,31)/t13-,16-,17-,20-,22-,37-/m1/s1. The molecule has 1 fully saturated rings. The van der Waals surface area contributed by atoms with Crippen LogP contribution in [0.4, 0.5) is 4.39 Å². The molecule has 0 aliphatic carbocycles. The first kappa shape index (κ1) is 29.0. The highest BCUT2D eigenvalue weighted by Crippen LogP contribution is 2.47. The number of aromatic amines is 1. The zero-order valence-electron chi connectivity index (χ0n) is 20.4. The first-order chi connectivity index (χ1) is 17.2. The number of hydrogen-bond acceptors (Lipinski definition) is 9. The van der Waals surface area contributed by atoms with Crippen molar-refractivity contribution in [1.82, 2.24) is 14.6 Å². The first-order valence-electron chi connectivity index (χ1n) is 11.2. The number of alkyl halides is 1. The lowest BCUT2D eigenvalue weighted by atomic mass is 9.98. The van der Waals surface area contributed by atoms with Crippen LogP contribution in [0.3, 0.4) is 0 Å². The number of aliphatic hydroxyl groups is 1. The number of benzene rings is 1. The zero-order valence-corrected chi connectivity index (χ0v) is 22.1. The number of carbonyl (C=O) groups is 1. The molecule has 0 unspecified atom stereocenters. The quantitative estimate of drug-likeness (QED) is 0.289. The van der Waals surface area contributed by atoms with Crippen LogP contribution in [0.25, 0.3) is 0 Å². The second kappa shape index (κ2) is 11.5. The normalized spacial score (nSPS) is 26.0. The number of aromatic nitrogens is 2. The zero-order chi connectivity index (χ0) is 27.5. The van der Waals surface area contributed by atoms with Crippen LogP contribution in [0.1, 0.15) is 33.9 Å². The van der Waals surface area contributed by atoms with Crippen molar-refractivity contribution in [3.05, 3.63) is 62.4 Å². The van der Waals surface area contributed by atoms with E-state index in [-0.39, 0.29) is 5.75 Å². The molecule has 1 aromatic heterocycles. The first-order valence-corrected chi connectivity index (χ1v) is 13.2. The van der Waals surface area contributed by atoms with Gasteiger partial charge in [0.05, 0.1) is 12.7 Å². The number of esters is 1. The molecule has 1 aromatic carbocycles. The highest BCUT2D eigenvalue weighted by molar-refractivity contribution is 7.52. The summed E-state index contributed by atoms with van der Waals surface area (Å²) in [4.78, 5) is 38.0. The van der Waals surface area contributed by atoms with E-state index in [4.69, 9.17) is 30.1 Å². The lowest BCUT2D eigenvalue weighted by molar-refractivity contribution is -0.149. The van der Waals surface area contributed by atoms with Crippen LogP contribution < -0.4 is 20.9 Å². The third kappa shape index (κ3) is 6.86. The summed E-state index contributed by atoms with van der Waals surface area (Å²) in [7, 11) is -4.33. The summed E-state index contributed by atoms with van der Waals surface area (Å²) in [5, 5.41) is 12.7.